The molecule has 0 aliphatic heterocycles. The number of hydrogen-bond acceptors (Lipinski definition) is 2. The van der Waals surface area contributed by atoms with E-state index in [1.165, 1.54) is 6.41 Å². The maximum absolute atomic E-state index is 10.7. The third kappa shape index (κ3) is 4.73. The third-order valence-electron chi connectivity index (χ3n) is 1.81. The summed E-state index contributed by atoms with van der Waals surface area (Å²) in [7, 11) is 0. The van der Waals surface area contributed by atoms with Gasteiger partial charge in [-0.25, -0.2) is 0 Å². The minimum absolute atomic E-state index is 0. The van der Waals surface area contributed by atoms with E-state index in [2.05, 4.69) is 5.32 Å². The van der Waals surface area contributed by atoms with Crippen LogP contribution in [-0.4, -0.2) is 23.5 Å². The van der Waals surface area contributed by atoms with Gasteiger partial charge in [0.2, 0.25) is 0 Å². The van der Waals surface area contributed by atoms with Crippen LogP contribution < -0.4 is 5.32 Å². The molecule has 1 atom stereocenters. The number of aliphatic carboxylic acids is 1. The molecule has 0 aliphatic rings. The van der Waals surface area contributed by atoms with Gasteiger partial charge in [-0.3, -0.25) is 4.79 Å². The molecular formula is C10H10NO3Re-. The predicted octanol–water partition coefficient (Wildman–Crippen LogP) is 0.337. The Balaban J connectivity index is 0.00000196. The summed E-state index contributed by atoms with van der Waals surface area (Å²) in [6.07, 6.45) is 1.66. The van der Waals surface area contributed by atoms with Crippen LogP contribution in [0.1, 0.15) is 5.56 Å². The number of benzene rings is 1. The molecule has 0 saturated heterocycles. The zero-order valence-corrected chi connectivity index (χ0v) is 10.5. The van der Waals surface area contributed by atoms with Gasteiger partial charge in [-0.15, -0.1) is 0 Å². The van der Waals surface area contributed by atoms with Gasteiger partial charge in [-0.1, -0.05) is 30.3 Å². The molecule has 1 radical (unpaired) electrons. The zero-order chi connectivity index (χ0) is 10.4. The number of amides is 1. The molecule has 2 N–H and O–H groups in total. The Morgan fingerprint density at radius 3 is 2.47 bits per heavy atom. The van der Waals surface area contributed by atoms with E-state index >= 15 is 0 Å². The minimum Gasteiger partial charge on any atom is -0.520 e. The van der Waals surface area contributed by atoms with Crippen LogP contribution in [0.2, 0.25) is 0 Å². The van der Waals surface area contributed by atoms with Crippen molar-refractivity contribution in [2.24, 2.45) is 0 Å². The normalized spacial score (nSPS) is 10.9. The molecule has 5 heteroatoms. The second kappa shape index (κ2) is 7.16. The second-order valence-corrected chi connectivity index (χ2v) is 2.83. The van der Waals surface area contributed by atoms with Crippen LogP contribution in [0.3, 0.4) is 0 Å². The van der Waals surface area contributed by atoms with Gasteiger partial charge < -0.3 is 15.2 Å². The molecule has 0 aromatic heterocycles. The van der Waals surface area contributed by atoms with Crippen LogP contribution in [0.25, 0.3) is 0 Å². The molecule has 1 amide bonds. The number of rotatable bonds is 5. The summed E-state index contributed by atoms with van der Waals surface area (Å²) in [5, 5.41) is 10.8. The molecule has 81 valence electrons. The molecular weight excluding hydrogens is 368 g/mol. The van der Waals surface area contributed by atoms with Crippen molar-refractivity contribution in [3.05, 3.63) is 35.9 Å². The monoisotopic (exact) mass is 379 g/mol. The molecule has 0 bridgehead atoms. The summed E-state index contributed by atoms with van der Waals surface area (Å²) in [5.41, 5.74) is 0.864. The van der Waals surface area contributed by atoms with Gasteiger partial charge in [-0.2, -0.15) is 6.41 Å². The van der Waals surface area contributed by atoms with E-state index in [0.29, 0.717) is 0 Å². The van der Waals surface area contributed by atoms with Gasteiger partial charge in [0.25, 0.3) is 0 Å². The molecule has 1 aromatic rings. The maximum Gasteiger partial charge on any atom is 0.323 e. The zero-order valence-electron chi connectivity index (χ0n) is 7.81. The van der Waals surface area contributed by atoms with Crippen molar-refractivity contribution >= 4 is 12.4 Å². The van der Waals surface area contributed by atoms with E-state index in [4.69, 9.17) is 5.11 Å². The number of hydrogen-bond donors (Lipinski definition) is 2. The molecule has 0 fully saturated rings. The van der Waals surface area contributed by atoms with E-state index < -0.39 is 12.0 Å². The summed E-state index contributed by atoms with van der Waals surface area (Å²) in [5.74, 6) is -1.06. The quantitative estimate of drug-likeness (QED) is 0.574. The fraction of sp³-hybridized carbons (Fsp3) is 0.200. The first kappa shape index (κ1) is 13.8. The number of carbonyl (C=O) groups is 1. The van der Waals surface area contributed by atoms with Crippen molar-refractivity contribution in [1.82, 2.24) is 5.32 Å². The number of carboxylic acid groups (broad SMARTS) is 1. The molecule has 0 aliphatic carbocycles. The van der Waals surface area contributed by atoms with E-state index in [1.54, 1.807) is 0 Å². The van der Waals surface area contributed by atoms with Crippen molar-refractivity contribution in [3.8, 4) is 0 Å². The van der Waals surface area contributed by atoms with Crippen LogP contribution in [0.15, 0.2) is 30.3 Å². The largest absolute Gasteiger partial charge is 0.520 e. The first-order valence-corrected chi connectivity index (χ1v) is 4.13. The Labute approximate surface area is 101 Å². The average Bonchev–Trinajstić information content (AvgIpc) is 2.18. The molecule has 1 rings (SSSR count). The second-order valence-electron chi connectivity index (χ2n) is 2.83. The Morgan fingerprint density at radius 1 is 1.40 bits per heavy atom. The topological polar surface area (TPSA) is 66.4 Å². The average molecular weight is 378 g/mol. The van der Waals surface area contributed by atoms with Crippen molar-refractivity contribution in [2.75, 3.05) is 0 Å². The molecule has 0 unspecified atom stereocenters. The van der Waals surface area contributed by atoms with Gasteiger partial charge in [0, 0.05) is 26.8 Å². The Kier molecular flexibility index (Phi) is 6.60. The van der Waals surface area contributed by atoms with E-state index in [1.807, 2.05) is 30.3 Å². The van der Waals surface area contributed by atoms with Crippen molar-refractivity contribution in [1.29, 1.82) is 0 Å². The predicted molar refractivity (Wildman–Crippen MR) is 50.4 cm³/mol. The van der Waals surface area contributed by atoms with E-state index in [-0.39, 0.29) is 26.8 Å². The first-order chi connectivity index (χ1) is 6.74. The van der Waals surface area contributed by atoms with Crippen molar-refractivity contribution in [3.63, 3.8) is 0 Å². The smallest absolute Gasteiger partial charge is 0.323 e. The Bertz CT molecular complexity index is 316. The number of carboxylic acids is 1. The summed E-state index contributed by atoms with van der Waals surface area (Å²) < 4.78 is 0. The fourth-order valence-electron chi connectivity index (χ4n) is 1.12. The molecule has 15 heavy (non-hydrogen) atoms. The summed E-state index contributed by atoms with van der Waals surface area (Å²) in [6, 6.07) is 8.19. The van der Waals surface area contributed by atoms with Gasteiger partial charge >= 0.3 is 5.97 Å². The van der Waals surface area contributed by atoms with Crippen LogP contribution in [0.5, 0.6) is 0 Å². The first-order valence-electron chi connectivity index (χ1n) is 4.13. The fourth-order valence-corrected chi connectivity index (χ4v) is 1.12. The number of carbonyl (C=O) groups excluding carboxylic acids is 1. The molecule has 0 saturated carbocycles. The molecule has 1 aromatic carbocycles. The minimum atomic E-state index is -1.06. The van der Waals surface area contributed by atoms with E-state index in [9.17, 15) is 9.59 Å². The molecule has 0 heterocycles. The van der Waals surface area contributed by atoms with Gasteiger partial charge in [0.05, 0.1) is 0 Å². The Hall–Kier alpha value is -1.18. The van der Waals surface area contributed by atoms with Crippen LogP contribution in [0, 0.1) is 0 Å². The maximum atomic E-state index is 10.7. The third-order valence-corrected chi connectivity index (χ3v) is 1.81. The summed E-state index contributed by atoms with van der Waals surface area (Å²) in [6.45, 7) is 0. The van der Waals surface area contributed by atoms with Gasteiger partial charge in [-0.05, 0) is 5.56 Å². The van der Waals surface area contributed by atoms with E-state index in [0.717, 1.165) is 5.56 Å². The van der Waals surface area contributed by atoms with Crippen molar-refractivity contribution < 1.29 is 35.1 Å². The van der Waals surface area contributed by atoms with Gasteiger partial charge in [0.15, 0.2) is 0 Å². The summed E-state index contributed by atoms with van der Waals surface area (Å²) in [4.78, 5) is 20.7. The van der Waals surface area contributed by atoms with Crippen LogP contribution >= 0.6 is 0 Å². The molecule has 4 nitrogen and oxygen atoms in total. The van der Waals surface area contributed by atoms with Gasteiger partial charge in [0.1, 0.15) is 6.04 Å². The van der Waals surface area contributed by atoms with Crippen molar-refractivity contribution in [2.45, 2.75) is 12.5 Å². The van der Waals surface area contributed by atoms with Crippen LogP contribution in [0.4, 0.5) is 0 Å². The number of nitrogens with one attached hydrogen (secondary N) is 1. The SMILES string of the molecule is O=[C-]N[C@@H](Cc1ccccc1)C(=O)O.[Re]. The van der Waals surface area contributed by atoms with Crippen LogP contribution in [-0.2, 0) is 36.4 Å². The Morgan fingerprint density at radius 2 is 2.00 bits per heavy atom. The summed E-state index contributed by atoms with van der Waals surface area (Å²) >= 11 is 0. The molecule has 0 spiro atoms. The standard InChI is InChI=1S/C10H10NO3.Re/c12-7-11-9(10(13)14)6-8-4-2-1-3-5-8;/h1-5,9H,6H2,(H,11,12)(H,13,14);/q-1;/t9-;/m0./s1.